The smallest absolute Gasteiger partial charge is 0.311 e. The maximum atomic E-state index is 13.9. The van der Waals surface area contributed by atoms with Crippen LogP contribution in [0, 0.1) is 17.8 Å². The van der Waals surface area contributed by atoms with Crippen LogP contribution in [-0.2, 0) is 33.3 Å². The van der Waals surface area contributed by atoms with Crippen LogP contribution in [-0.4, -0.2) is 128 Å². The lowest BCUT2D eigenvalue weighted by atomic mass is 9.85. The Bertz CT molecular complexity index is 1290. The zero-order valence-electron chi connectivity index (χ0n) is 45.5. The molecule has 0 aromatic heterocycles. The first-order valence-electron chi connectivity index (χ1n) is 29.3. The molecule has 0 radical (unpaired) electrons. The summed E-state index contributed by atoms with van der Waals surface area (Å²) in [6.45, 7) is 8.61. The van der Waals surface area contributed by atoms with Gasteiger partial charge in [0.15, 0.2) is 18.5 Å². The van der Waals surface area contributed by atoms with Crippen LogP contribution in [0.4, 0.5) is 0 Å². The molecule has 2 saturated heterocycles. The van der Waals surface area contributed by atoms with E-state index in [9.17, 15) is 45.3 Å². The molecule has 0 aromatic carbocycles. The summed E-state index contributed by atoms with van der Waals surface area (Å²) in [6, 6.07) is 0. The molecule has 2 rings (SSSR count). The van der Waals surface area contributed by atoms with Crippen molar-refractivity contribution in [1.29, 1.82) is 0 Å². The Morgan fingerprint density at radius 1 is 0.479 bits per heavy atom. The van der Waals surface area contributed by atoms with Crippen LogP contribution in [0.25, 0.3) is 0 Å². The van der Waals surface area contributed by atoms with Crippen molar-refractivity contribution in [3.05, 3.63) is 0 Å². The van der Waals surface area contributed by atoms with E-state index in [-0.39, 0.29) is 12.3 Å². The van der Waals surface area contributed by atoms with Gasteiger partial charge in [0.05, 0.1) is 25.2 Å². The highest BCUT2D eigenvalue weighted by atomic mass is 16.8. The summed E-state index contributed by atoms with van der Waals surface area (Å²) in [4.78, 5) is 27.3. The maximum absolute atomic E-state index is 13.9. The number of hydrogen-bond acceptors (Lipinski definition) is 14. The van der Waals surface area contributed by atoms with E-state index in [0.717, 1.165) is 38.5 Å². The van der Waals surface area contributed by atoms with Gasteiger partial charge in [-0.2, -0.15) is 0 Å². The molecule has 2 aliphatic rings. The minimum atomic E-state index is -1.85. The lowest BCUT2D eigenvalue weighted by Gasteiger charge is -2.46. The molecule has 0 saturated carbocycles. The van der Waals surface area contributed by atoms with Crippen LogP contribution in [0.15, 0.2) is 0 Å². The molecule has 0 bridgehead atoms. The van der Waals surface area contributed by atoms with E-state index in [1.54, 1.807) is 0 Å². The molecule has 2 heterocycles. The van der Waals surface area contributed by atoms with Gasteiger partial charge < -0.3 is 59.4 Å². The SMILES string of the molecule is CCCCCCCCCCCCCCCCCCC(=O)O[C@@H]1C(OC(=O)[C@@H](C)[C@@H](O)[C@@H](C)C[C@@H](C)CCCCCCCCCCCCCCCCC)[C@H](O)C(CO)O[C@@H]1O[C@H]1OC(CO)[C@@H](O)C(O)[C@@H]1O. The van der Waals surface area contributed by atoms with Gasteiger partial charge in [-0.3, -0.25) is 9.59 Å². The zero-order valence-corrected chi connectivity index (χ0v) is 45.5. The standard InChI is InChI=1S/C57H108O14/c1-6-8-10-12-14-16-18-20-22-24-26-28-30-32-34-36-38-47(60)69-54-53(50(63)46(41-59)68-57(54)71-56-52(65)51(64)49(62)45(40-58)67-56)70-55(66)44(5)48(61)43(4)39-42(3)37-35-33-31-29-27-25-23-21-19-17-15-13-11-9-7-2/h42-46,48-54,56-59,61-65H,6-41H2,1-5H3/t42-,43-,44-,45?,46?,48-,49+,50+,51?,52-,53?,54+,56+,57+/m0/s1. The van der Waals surface area contributed by atoms with Crippen LogP contribution in [0.1, 0.15) is 253 Å². The number of rotatable bonds is 44. The van der Waals surface area contributed by atoms with Gasteiger partial charge in [-0.25, -0.2) is 0 Å². The summed E-state index contributed by atoms with van der Waals surface area (Å²) in [5.41, 5.74) is 0. The van der Waals surface area contributed by atoms with Crippen LogP contribution in [0.3, 0.4) is 0 Å². The molecule has 2 aliphatic heterocycles. The number of carbonyl (C=O) groups excluding carboxylic acids is 2. The van der Waals surface area contributed by atoms with Crippen molar-refractivity contribution >= 4 is 11.9 Å². The highest BCUT2D eigenvalue weighted by Crippen LogP contribution is 2.33. The Morgan fingerprint density at radius 3 is 1.31 bits per heavy atom. The van der Waals surface area contributed by atoms with Gasteiger partial charge in [-0.05, 0) is 31.6 Å². The summed E-state index contributed by atoms with van der Waals surface area (Å²) in [5.74, 6) is -2.54. The second-order valence-electron chi connectivity index (χ2n) is 21.8. The average Bonchev–Trinajstić information content (AvgIpc) is 3.36. The number of unbranched alkanes of at least 4 members (excludes halogenated alkanes) is 29. The number of carbonyl (C=O) groups is 2. The lowest BCUT2D eigenvalue weighted by Crippen LogP contribution is -2.65. The second kappa shape index (κ2) is 40.8. The van der Waals surface area contributed by atoms with Crippen molar-refractivity contribution in [2.45, 2.75) is 320 Å². The average molecular weight is 1020 g/mol. The van der Waals surface area contributed by atoms with Gasteiger partial charge in [-0.1, -0.05) is 227 Å². The molecule has 0 aromatic rings. The third-order valence-electron chi connectivity index (χ3n) is 15.2. The van der Waals surface area contributed by atoms with Gasteiger partial charge >= 0.3 is 11.9 Å². The molecule has 420 valence electrons. The van der Waals surface area contributed by atoms with Crippen molar-refractivity contribution in [3.63, 3.8) is 0 Å². The van der Waals surface area contributed by atoms with Crippen LogP contribution in [0.5, 0.6) is 0 Å². The molecule has 14 atom stereocenters. The Morgan fingerprint density at radius 2 is 0.873 bits per heavy atom. The summed E-state index contributed by atoms with van der Waals surface area (Å²) in [7, 11) is 0. The van der Waals surface area contributed by atoms with Gasteiger partial charge in [-0.15, -0.1) is 0 Å². The molecular weight excluding hydrogens is 909 g/mol. The monoisotopic (exact) mass is 1020 g/mol. The molecule has 14 nitrogen and oxygen atoms in total. The van der Waals surface area contributed by atoms with Crippen LogP contribution >= 0.6 is 0 Å². The van der Waals surface area contributed by atoms with Crippen molar-refractivity contribution < 1.29 is 69.0 Å². The number of hydrogen-bond donors (Lipinski definition) is 7. The third kappa shape index (κ3) is 27.2. The summed E-state index contributed by atoms with van der Waals surface area (Å²) in [5, 5.41) is 74.5. The fourth-order valence-electron chi connectivity index (χ4n) is 10.4. The second-order valence-corrected chi connectivity index (χ2v) is 21.8. The molecule has 71 heavy (non-hydrogen) atoms. The largest absolute Gasteiger partial charge is 0.455 e. The maximum Gasteiger partial charge on any atom is 0.311 e. The fourth-order valence-corrected chi connectivity index (χ4v) is 10.4. The first kappa shape index (κ1) is 65.7. The third-order valence-corrected chi connectivity index (χ3v) is 15.2. The van der Waals surface area contributed by atoms with Crippen molar-refractivity contribution in [2.24, 2.45) is 17.8 Å². The molecule has 7 N–H and O–H groups in total. The number of esters is 2. The van der Waals surface area contributed by atoms with E-state index in [2.05, 4.69) is 20.8 Å². The molecule has 4 unspecified atom stereocenters. The quantitative estimate of drug-likeness (QED) is 0.0223. The topological polar surface area (TPSA) is 222 Å². The molecule has 0 amide bonds. The van der Waals surface area contributed by atoms with E-state index in [0.29, 0.717) is 18.8 Å². The van der Waals surface area contributed by atoms with E-state index >= 15 is 0 Å². The van der Waals surface area contributed by atoms with Crippen molar-refractivity contribution in [1.82, 2.24) is 0 Å². The zero-order chi connectivity index (χ0) is 52.2. The molecule has 0 spiro atoms. The summed E-state index contributed by atoms with van der Waals surface area (Å²) < 4.78 is 29.0. The predicted molar refractivity (Wildman–Crippen MR) is 278 cm³/mol. The van der Waals surface area contributed by atoms with Crippen LogP contribution in [0.2, 0.25) is 0 Å². The van der Waals surface area contributed by atoms with E-state index in [1.165, 1.54) is 167 Å². The van der Waals surface area contributed by atoms with E-state index in [4.69, 9.17) is 23.7 Å². The summed E-state index contributed by atoms with van der Waals surface area (Å²) >= 11 is 0. The molecule has 14 heteroatoms. The predicted octanol–water partition coefficient (Wildman–Crippen LogP) is 10.3. The van der Waals surface area contributed by atoms with Gasteiger partial charge in [0, 0.05) is 6.42 Å². The first-order valence-corrected chi connectivity index (χ1v) is 29.3. The normalized spacial score (nSPS) is 26.5. The Kier molecular flexibility index (Phi) is 37.7. The Hall–Kier alpha value is -1.46. The van der Waals surface area contributed by atoms with Gasteiger partial charge in [0.1, 0.15) is 36.6 Å². The lowest BCUT2D eigenvalue weighted by molar-refractivity contribution is -0.377. The highest BCUT2D eigenvalue weighted by Gasteiger charge is 2.53. The van der Waals surface area contributed by atoms with E-state index < -0.39 is 98.6 Å². The van der Waals surface area contributed by atoms with Crippen LogP contribution < -0.4 is 0 Å². The van der Waals surface area contributed by atoms with Crippen molar-refractivity contribution in [3.8, 4) is 0 Å². The van der Waals surface area contributed by atoms with Crippen molar-refractivity contribution in [2.75, 3.05) is 13.2 Å². The molecular formula is C57H108O14. The minimum absolute atomic E-state index is 0.00607. The number of aliphatic hydroxyl groups excluding tert-OH is 7. The van der Waals surface area contributed by atoms with Gasteiger partial charge in [0.2, 0.25) is 6.29 Å². The van der Waals surface area contributed by atoms with Gasteiger partial charge in [0.25, 0.3) is 0 Å². The fraction of sp³-hybridized carbons (Fsp3) is 0.965. The Balaban J connectivity index is 1.92. The minimum Gasteiger partial charge on any atom is -0.455 e. The first-order chi connectivity index (χ1) is 34.3. The Labute approximate surface area is 431 Å². The number of ether oxygens (including phenoxy) is 5. The summed E-state index contributed by atoms with van der Waals surface area (Å²) in [6.07, 6.45) is 22.6. The highest BCUT2D eigenvalue weighted by molar-refractivity contribution is 5.73. The van der Waals surface area contributed by atoms with E-state index in [1.807, 2.05) is 6.92 Å². The molecule has 0 aliphatic carbocycles. The number of aliphatic hydroxyl groups is 7. The molecule has 2 fully saturated rings.